The van der Waals surface area contributed by atoms with Crippen LogP contribution < -0.4 is 30.1 Å². The van der Waals surface area contributed by atoms with Gasteiger partial charge in [-0.25, -0.2) is 23.1 Å². The van der Waals surface area contributed by atoms with E-state index in [-0.39, 0.29) is 22.0 Å². The molecule has 5 heterocycles. The molecule has 1 spiro atoms. The topological polar surface area (TPSA) is 188 Å². The number of para-hydroxylation sites is 1. The zero-order chi connectivity index (χ0) is 42.4. The number of nitrogens with two attached hydrogens (primary N) is 1. The molecule has 1 amide bonds. The summed E-state index contributed by atoms with van der Waals surface area (Å²) in [4.78, 5) is 30.7. The van der Waals surface area contributed by atoms with Crippen LogP contribution in [-0.2, 0) is 10.0 Å². The minimum Gasteiger partial charge on any atom is -0.496 e. The van der Waals surface area contributed by atoms with Crippen LogP contribution in [0.25, 0.3) is 11.0 Å². The molecular weight excluding hydrogens is 793 g/mol. The highest BCUT2D eigenvalue weighted by atomic mass is 32.2. The summed E-state index contributed by atoms with van der Waals surface area (Å²) in [6.45, 7) is 5.30. The molecule has 5 aromatic rings. The second-order valence-electron chi connectivity index (χ2n) is 17.9. The Morgan fingerprint density at radius 1 is 0.967 bits per heavy atom. The fraction of sp³-hybridized carbons (Fsp3) is 0.457. The summed E-state index contributed by atoms with van der Waals surface area (Å²) in [7, 11) is -2.59. The van der Waals surface area contributed by atoms with Crippen LogP contribution in [0.3, 0.4) is 0 Å². The van der Waals surface area contributed by atoms with E-state index in [9.17, 15) is 18.3 Å². The highest BCUT2D eigenvalue weighted by Gasteiger charge is 2.50. The predicted molar refractivity (Wildman–Crippen MR) is 236 cm³/mol. The van der Waals surface area contributed by atoms with Gasteiger partial charge >= 0.3 is 0 Å². The smallest absolute Gasteiger partial charge is 0.287 e. The highest BCUT2D eigenvalue weighted by molar-refractivity contribution is 7.90. The van der Waals surface area contributed by atoms with Crippen LogP contribution >= 0.6 is 0 Å². The van der Waals surface area contributed by atoms with E-state index in [1.807, 2.05) is 19.1 Å². The lowest BCUT2D eigenvalue weighted by Gasteiger charge is -2.56. The standard InChI is InChI=1S/C46H56N8O6S/c1-45(56)14-11-30(12-15-45)27-49-38-10-9-35(24-37(38)47)61(57,58)52-44(55)42-41(60-34-22-31-13-18-48-43(31)51-29-34)23-32(28-50-42)53-20-16-46(17-21-53)25-33(26-46)54-19-5-7-39(54)36-6-3-4-8-40(36)59-2/h3-4,6,8-10,13,18,22-24,28-30,33,39,49,56H,5,7,11-12,14-17,19-21,25-27,47H2,1-2H3,(H,48,51)(H,52,55)/t30?,39-,45?/m0/s1. The Bertz CT molecular complexity index is 2500. The Morgan fingerprint density at radius 2 is 1.75 bits per heavy atom. The van der Waals surface area contributed by atoms with Gasteiger partial charge in [0.25, 0.3) is 15.9 Å². The number of fused-ring (bicyclic) bond motifs is 1. The second kappa shape index (κ2) is 16.5. The number of nitrogens with one attached hydrogen (secondary N) is 3. The number of aliphatic hydroxyl groups is 1. The Labute approximate surface area is 357 Å². The number of likely N-dealkylation sites (tertiary alicyclic amines) is 1. The summed E-state index contributed by atoms with van der Waals surface area (Å²) in [6, 6.07) is 19.2. The van der Waals surface area contributed by atoms with Crippen LogP contribution in [0.1, 0.15) is 93.2 Å². The fourth-order valence-corrected chi connectivity index (χ4v) is 11.1. The number of nitrogen functional groups attached to an aromatic ring is 1. The molecule has 9 rings (SSSR count). The maximum Gasteiger partial charge on any atom is 0.287 e. The first-order valence-corrected chi connectivity index (χ1v) is 23.0. The van der Waals surface area contributed by atoms with Gasteiger partial charge in [0.1, 0.15) is 17.1 Å². The molecule has 3 aromatic heterocycles. The molecule has 322 valence electrons. The van der Waals surface area contributed by atoms with Gasteiger partial charge in [0.05, 0.1) is 47.1 Å². The maximum atomic E-state index is 13.9. The quantitative estimate of drug-likeness (QED) is 0.0785. The minimum atomic E-state index is -4.35. The molecule has 4 fully saturated rings. The number of pyridine rings is 2. The van der Waals surface area contributed by atoms with E-state index >= 15 is 0 Å². The maximum absolute atomic E-state index is 13.9. The summed E-state index contributed by atoms with van der Waals surface area (Å²) in [5, 5.41) is 14.4. The third-order valence-electron chi connectivity index (χ3n) is 13.8. The molecule has 2 saturated carbocycles. The Morgan fingerprint density at radius 3 is 2.52 bits per heavy atom. The predicted octanol–water partition coefficient (Wildman–Crippen LogP) is 7.40. The molecule has 0 radical (unpaired) electrons. The lowest BCUT2D eigenvalue weighted by molar-refractivity contribution is -0.0229. The van der Waals surface area contributed by atoms with Gasteiger partial charge in [-0.2, -0.15) is 0 Å². The van der Waals surface area contributed by atoms with Crippen LogP contribution in [0.5, 0.6) is 17.2 Å². The van der Waals surface area contributed by atoms with Gasteiger partial charge in [-0.3, -0.25) is 9.69 Å². The third-order valence-corrected chi connectivity index (χ3v) is 15.1. The van der Waals surface area contributed by atoms with Crippen molar-refractivity contribution < 1.29 is 27.8 Å². The van der Waals surface area contributed by atoms with E-state index in [2.05, 4.69) is 53.0 Å². The molecule has 2 aromatic carbocycles. The van der Waals surface area contributed by atoms with Gasteiger partial charge in [-0.15, -0.1) is 0 Å². The molecule has 15 heteroatoms. The van der Waals surface area contributed by atoms with E-state index in [0.717, 1.165) is 81.4 Å². The van der Waals surface area contributed by atoms with Crippen molar-refractivity contribution in [2.75, 3.05) is 49.2 Å². The Balaban J connectivity index is 0.879. The monoisotopic (exact) mass is 848 g/mol. The number of amides is 1. The zero-order valence-corrected chi connectivity index (χ0v) is 35.7. The van der Waals surface area contributed by atoms with E-state index in [0.29, 0.717) is 47.0 Å². The summed E-state index contributed by atoms with van der Waals surface area (Å²) < 4.78 is 41.5. The molecule has 4 aliphatic rings. The number of hydrogen-bond donors (Lipinski definition) is 5. The summed E-state index contributed by atoms with van der Waals surface area (Å²) in [5.74, 6) is 0.906. The van der Waals surface area contributed by atoms with Crippen molar-refractivity contribution in [1.82, 2.24) is 24.6 Å². The van der Waals surface area contributed by atoms with Crippen molar-refractivity contribution in [1.29, 1.82) is 0 Å². The van der Waals surface area contributed by atoms with Gasteiger partial charge in [-0.1, -0.05) is 18.2 Å². The van der Waals surface area contributed by atoms with Crippen LogP contribution in [0.4, 0.5) is 17.1 Å². The number of hydrogen-bond acceptors (Lipinski definition) is 12. The highest BCUT2D eigenvalue weighted by Crippen LogP contribution is 2.54. The SMILES string of the molecule is COc1ccccc1[C@@H]1CCCN1C1CC2(CCN(c3cnc(C(=O)NS(=O)(=O)c4ccc(NCC5CCC(C)(O)CC5)c(N)c4)c(Oc4cnc5[nH]ccc5c4)c3)CC2)C1. The molecule has 14 nitrogen and oxygen atoms in total. The number of piperidine rings is 1. The normalized spacial score (nSPS) is 23.2. The van der Waals surface area contributed by atoms with Crippen LogP contribution in [0, 0.1) is 11.3 Å². The fourth-order valence-electron chi connectivity index (χ4n) is 10.1. The zero-order valence-electron chi connectivity index (χ0n) is 34.9. The number of rotatable bonds is 12. The first-order valence-electron chi connectivity index (χ1n) is 21.6. The van der Waals surface area contributed by atoms with E-state index in [1.54, 1.807) is 43.9 Å². The number of aromatic nitrogens is 3. The van der Waals surface area contributed by atoms with Crippen molar-refractivity contribution in [3.8, 4) is 17.2 Å². The molecule has 2 saturated heterocycles. The first-order chi connectivity index (χ1) is 29.4. The number of carbonyl (C=O) groups is 1. The van der Waals surface area contributed by atoms with E-state index < -0.39 is 21.5 Å². The number of nitrogens with zero attached hydrogens (tertiary/aromatic N) is 4. The summed E-state index contributed by atoms with van der Waals surface area (Å²) in [5.41, 5.74) is 9.43. The molecule has 0 bridgehead atoms. The van der Waals surface area contributed by atoms with Gasteiger partial charge in [0.2, 0.25) is 0 Å². The first kappa shape index (κ1) is 41.0. The summed E-state index contributed by atoms with van der Waals surface area (Å²) in [6.07, 6.45) is 15.0. The number of carbonyl (C=O) groups excluding carboxylic acids is 1. The molecule has 1 atom stereocenters. The lowest BCUT2D eigenvalue weighted by atomic mass is 9.60. The van der Waals surface area contributed by atoms with E-state index in [1.165, 1.54) is 37.0 Å². The molecule has 2 aliphatic carbocycles. The van der Waals surface area contributed by atoms with Crippen LogP contribution in [0.15, 0.2) is 84.1 Å². The molecule has 61 heavy (non-hydrogen) atoms. The third kappa shape index (κ3) is 8.60. The van der Waals surface area contributed by atoms with Gasteiger partial charge in [0.15, 0.2) is 11.4 Å². The van der Waals surface area contributed by atoms with Gasteiger partial charge in [-0.05, 0) is 125 Å². The second-order valence-corrected chi connectivity index (χ2v) is 19.6. The molecule has 6 N–H and O–H groups in total. The number of methoxy groups -OCH3 is 1. The van der Waals surface area contributed by atoms with Crippen LogP contribution in [-0.4, -0.2) is 84.2 Å². The summed E-state index contributed by atoms with van der Waals surface area (Å²) >= 11 is 0. The number of benzene rings is 2. The van der Waals surface area contributed by atoms with Gasteiger partial charge in [0, 0.05) is 54.9 Å². The van der Waals surface area contributed by atoms with Crippen molar-refractivity contribution in [3.63, 3.8) is 0 Å². The van der Waals surface area contributed by atoms with E-state index in [4.69, 9.17) is 15.2 Å². The average molecular weight is 849 g/mol. The van der Waals surface area contributed by atoms with Crippen molar-refractivity contribution >= 4 is 44.0 Å². The largest absolute Gasteiger partial charge is 0.496 e. The van der Waals surface area contributed by atoms with Crippen LogP contribution in [0.2, 0.25) is 0 Å². The van der Waals surface area contributed by atoms with Crippen molar-refractivity contribution in [3.05, 3.63) is 90.5 Å². The lowest BCUT2D eigenvalue weighted by Crippen LogP contribution is -2.54. The number of H-pyrrole nitrogens is 1. The molecular formula is C46H56N8O6S. The molecule has 0 unspecified atom stereocenters. The average Bonchev–Trinajstić information content (AvgIpc) is 3.93. The Hall–Kier alpha value is -5.38. The number of aromatic amines is 1. The molecule has 2 aliphatic heterocycles. The van der Waals surface area contributed by atoms with Gasteiger partial charge < -0.3 is 35.5 Å². The Kier molecular flexibility index (Phi) is 11.1. The number of ether oxygens (including phenoxy) is 2. The number of anilines is 3. The minimum absolute atomic E-state index is 0.116. The van der Waals surface area contributed by atoms with Crippen molar-refractivity contribution in [2.24, 2.45) is 11.3 Å². The number of sulfonamides is 1. The van der Waals surface area contributed by atoms with Crippen molar-refractivity contribution in [2.45, 2.75) is 93.7 Å².